The molecule has 204 valence electrons. The molecule has 2 aromatic heterocycles. The second kappa shape index (κ2) is 11.9. The van der Waals surface area contributed by atoms with E-state index in [4.69, 9.17) is 26.3 Å². The van der Waals surface area contributed by atoms with E-state index in [-0.39, 0.29) is 5.92 Å². The second-order valence-corrected chi connectivity index (χ2v) is 11.4. The van der Waals surface area contributed by atoms with E-state index < -0.39 is 0 Å². The molecule has 0 radical (unpaired) electrons. The van der Waals surface area contributed by atoms with Gasteiger partial charge in [-0.3, -0.25) is 9.40 Å². The summed E-state index contributed by atoms with van der Waals surface area (Å²) in [5.41, 5.74) is 5.00. The van der Waals surface area contributed by atoms with Gasteiger partial charge in [0.15, 0.2) is 0 Å². The quantitative estimate of drug-likeness (QED) is 0.240. The van der Waals surface area contributed by atoms with Gasteiger partial charge in [0.2, 0.25) is 11.8 Å². The summed E-state index contributed by atoms with van der Waals surface area (Å²) < 4.78 is 11.5. The summed E-state index contributed by atoms with van der Waals surface area (Å²) in [6.07, 6.45) is 3.73. The van der Waals surface area contributed by atoms with Crippen molar-refractivity contribution in [2.24, 2.45) is 7.05 Å². The molecule has 1 saturated heterocycles. The number of piperazine rings is 1. The van der Waals surface area contributed by atoms with Gasteiger partial charge in [0, 0.05) is 56.6 Å². The average molecular weight is 564 g/mol. The highest BCUT2D eigenvalue weighted by molar-refractivity contribution is 8.00. The van der Waals surface area contributed by atoms with Gasteiger partial charge in [-0.15, -0.1) is 0 Å². The Morgan fingerprint density at radius 2 is 1.79 bits per heavy atom. The fourth-order valence-corrected chi connectivity index (χ4v) is 5.55. The Morgan fingerprint density at radius 1 is 1.03 bits per heavy atom. The van der Waals surface area contributed by atoms with E-state index in [1.165, 1.54) is 11.9 Å². The van der Waals surface area contributed by atoms with Gasteiger partial charge in [-0.1, -0.05) is 49.7 Å². The SMILES string of the molecule is Cc1ccccc1-c1nc(NSc2cnn(C)c2)nc(Oc2ccc(N3CCN(C)CC3)c(Cl)c2)c1C(C)C. The molecular formula is C29H34ClN7OS. The van der Waals surface area contributed by atoms with Crippen LogP contribution in [0.1, 0.15) is 30.9 Å². The summed E-state index contributed by atoms with van der Waals surface area (Å²) in [5.74, 6) is 1.73. The lowest BCUT2D eigenvalue weighted by Crippen LogP contribution is -2.44. The Hall–Kier alpha value is -3.27. The Labute approximate surface area is 239 Å². The van der Waals surface area contributed by atoms with Crippen molar-refractivity contribution in [1.29, 1.82) is 0 Å². The molecule has 10 heteroatoms. The molecule has 1 aliphatic rings. The highest BCUT2D eigenvalue weighted by Crippen LogP contribution is 2.40. The number of likely N-dealkylation sites (N-methyl/N-ethyl adjacent to an activating group) is 1. The van der Waals surface area contributed by atoms with Gasteiger partial charge in [-0.2, -0.15) is 10.1 Å². The molecule has 0 aliphatic carbocycles. The van der Waals surface area contributed by atoms with Crippen LogP contribution in [0, 0.1) is 6.92 Å². The minimum Gasteiger partial charge on any atom is -0.438 e. The Morgan fingerprint density at radius 3 is 2.46 bits per heavy atom. The van der Waals surface area contributed by atoms with Crippen LogP contribution in [0.3, 0.4) is 0 Å². The van der Waals surface area contributed by atoms with Gasteiger partial charge in [0.1, 0.15) is 5.75 Å². The van der Waals surface area contributed by atoms with Crippen molar-refractivity contribution in [2.45, 2.75) is 31.6 Å². The molecule has 0 saturated carbocycles. The van der Waals surface area contributed by atoms with Crippen LogP contribution in [0.15, 0.2) is 59.8 Å². The molecule has 0 spiro atoms. The van der Waals surface area contributed by atoms with Crippen molar-refractivity contribution in [3.05, 3.63) is 71.0 Å². The maximum Gasteiger partial charge on any atom is 0.237 e. The first-order valence-corrected chi connectivity index (χ1v) is 14.3. The third-order valence-electron chi connectivity index (χ3n) is 6.81. The van der Waals surface area contributed by atoms with Crippen LogP contribution in [0.2, 0.25) is 5.02 Å². The number of halogens is 1. The summed E-state index contributed by atoms with van der Waals surface area (Å²) in [6.45, 7) is 10.3. The van der Waals surface area contributed by atoms with Crippen LogP contribution in [-0.4, -0.2) is 57.9 Å². The fraction of sp³-hybridized carbons (Fsp3) is 0.345. The molecular weight excluding hydrogens is 530 g/mol. The first kappa shape index (κ1) is 27.3. The maximum atomic E-state index is 6.77. The van der Waals surface area contributed by atoms with E-state index in [9.17, 15) is 0 Å². The molecule has 0 atom stereocenters. The number of hydrogen-bond acceptors (Lipinski definition) is 8. The first-order valence-electron chi connectivity index (χ1n) is 13.1. The molecule has 0 amide bonds. The van der Waals surface area contributed by atoms with Gasteiger partial charge in [-0.25, -0.2) is 4.98 Å². The van der Waals surface area contributed by atoms with Crippen molar-refractivity contribution in [3.8, 4) is 22.9 Å². The molecule has 1 aliphatic heterocycles. The zero-order valence-corrected chi connectivity index (χ0v) is 24.6. The Balaban J connectivity index is 1.51. The lowest BCUT2D eigenvalue weighted by Gasteiger charge is -2.34. The molecule has 4 aromatic rings. The summed E-state index contributed by atoms with van der Waals surface area (Å²) >= 11 is 8.18. The monoisotopic (exact) mass is 563 g/mol. The van der Waals surface area contributed by atoms with Gasteiger partial charge in [-0.05, 0) is 49.5 Å². The molecule has 1 fully saturated rings. The second-order valence-electron chi connectivity index (χ2n) is 10.1. The van der Waals surface area contributed by atoms with E-state index in [2.05, 4.69) is 59.6 Å². The van der Waals surface area contributed by atoms with Crippen LogP contribution in [0.5, 0.6) is 11.6 Å². The normalized spacial score (nSPS) is 14.2. The number of benzene rings is 2. The van der Waals surface area contributed by atoms with Crippen LogP contribution in [0.25, 0.3) is 11.3 Å². The number of hydrogen-bond donors (Lipinski definition) is 1. The van der Waals surface area contributed by atoms with Crippen LogP contribution >= 0.6 is 23.5 Å². The van der Waals surface area contributed by atoms with Crippen LogP contribution in [0.4, 0.5) is 11.6 Å². The van der Waals surface area contributed by atoms with Gasteiger partial charge < -0.3 is 14.5 Å². The van der Waals surface area contributed by atoms with Gasteiger partial charge in [0.25, 0.3) is 0 Å². The van der Waals surface area contributed by atoms with E-state index in [1.807, 2.05) is 43.6 Å². The van der Waals surface area contributed by atoms with Crippen molar-refractivity contribution in [3.63, 3.8) is 0 Å². The predicted octanol–water partition coefficient (Wildman–Crippen LogP) is 6.63. The molecule has 5 rings (SSSR count). The lowest BCUT2D eigenvalue weighted by molar-refractivity contribution is 0.313. The van der Waals surface area contributed by atoms with Gasteiger partial charge >= 0.3 is 0 Å². The number of nitrogens with zero attached hydrogens (tertiary/aromatic N) is 6. The van der Waals surface area contributed by atoms with E-state index >= 15 is 0 Å². The fourth-order valence-electron chi connectivity index (χ4n) is 4.66. The number of aryl methyl sites for hydroxylation is 2. The smallest absolute Gasteiger partial charge is 0.237 e. The molecule has 0 bridgehead atoms. The molecule has 2 aromatic carbocycles. The molecule has 0 unspecified atom stereocenters. The topological polar surface area (TPSA) is 71.3 Å². The number of rotatable bonds is 8. The summed E-state index contributed by atoms with van der Waals surface area (Å²) in [6, 6.07) is 14.1. The van der Waals surface area contributed by atoms with E-state index in [1.54, 1.807) is 10.9 Å². The standard InChI is InChI=1S/C29H34ClN7OS/c1-19(2)26-27(23-9-7-6-8-20(23)3)32-29(34-39-22-17-31-36(5)18-22)33-28(26)38-21-10-11-25(24(30)16-21)37-14-12-35(4)13-15-37/h6-11,16-19H,12-15H2,1-5H3,(H,32,33,34). The van der Waals surface area contributed by atoms with Crippen molar-refractivity contribution >= 4 is 35.2 Å². The molecule has 39 heavy (non-hydrogen) atoms. The summed E-state index contributed by atoms with van der Waals surface area (Å²) in [5, 5.41) is 4.91. The predicted molar refractivity (Wildman–Crippen MR) is 160 cm³/mol. The van der Waals surface area contributed by atoms with Crippen LogP contribution < -0.4 is 14.4 Å². The number of aromatic nitrogens is 4. The van der Waals surface area contributed by atoms with Crippen molar-refractivity contribution in [2.75, 3.05) is 42.8 Å². The van der Waals surface area contributed by atoms with Crippen molar-refractivity contribution in [1.82, 2.24) is 24.6 Å². The summed E-state index contributed by atoms with van der Waals surface area (Å²) in [4.78, 5) is 15.4. The average Bonchev–Trinajstić information content (AvgIpc) is 3.33. The molecule has 1 N–H and O–H groups in total. The largest absolute Gasteiger partial charge is 0.438 e. The zero-order valence-electron chi connectivity index (χ0n) is 23.0. The number of nitrogens with one attached hydrogen (secondary N) is 1. The highest BCUT2D eigenvalue weighted by atomic mass is 35.5. The summed E-state index contributed by atoms with van der Waals surface area (Å²) in [7, 11) is 4.04. The molecule has 3 heterocycles. The maximum absolute atomic E-state index is 6.77. The van der Waals surface area contributed by atoms with E-state index in [0.717, 1.165) is 59.1 Å². The Kier molecular flexibility index (Phi) is 8.30. The van der Waals surface area contributed by atoms with E-state index in [0.29, 0.717) is 22.6 Å². The van der Waals surface area contributed by atoms with Crippen molar-refractivity contribution < 1.29 is 4.74 Å². The number of anilines is 2. The first-order chi connectivity index (χ1) is 18.8. The zero-order chi connectivity index (χ0) is 27.5. The molecule has 8 nitrogen and oxygen atoms in total. The van der Waals surface area contributed by atoms with Crippen LogP contribution in [-0.2, 0) is 7.05 Å². The third-order valence-corrected chi connectivity index (χ3v) is 7.84. The number of ether oxygens (including phenoxy) is 1. The highest BCUT2D eigenvalue weighted by Gasteiger charge is 2.23. The minimum atomic E-state index is 0.120. The minimum absolute atomic E-state index is 0.120. The Bertz CT molecular complexity index is 1450. The third kappa shape index (κ3) is 6.32. The van der Waals surface area contributed by atoms with Gasteiger partial charge in [0.05, 0.1) is 27.5 Å². The lowest BCUT2D eigenvalue weighted by atomic mass is 9.95.